The highest BCUT2D eigenvalue weighted by atomic mass is 16.3. The van der Waals surface area contributed by atoms with E-state index in [1.54, 1.807) is 0 Å². The van der Waals surface area contributed by atoms with E-state index in [1.807, 2.05) is 24.3 Å². The molecule has 10 rings (SSSR count). The van der Waals surface area contributed by atoms with Gasteiger partial charge in [-0.3, -0.25) is 0 Å². The Bertz CT molecular complexity index is 2530. The lowest BCUT2D eigenvalue weighted by Gasteiger charge is -2.31. The molecule has 0 N–H and O–H groups in total. The van der Waals surface area contributed by atoms with Gasteiger partial charge in [-0.15, -0.1) is 0 Å². The predicted molar refractivity (Wildman–Crippen MR) is 201 cm³/mol. The van der Waals surface area contributed by atoms with Gasteiger partial charge in [-0.25, -0.2) is 9.97 Å². The van der Waals surface area contributed by atoms with Gasteiger partial charge in [-0.2, -0.15) is 5.26 Å². The summed E-state index contributed by atoms with van der Waals surface area (Å²) in [6.07, 6.45) is 22.7. The molecule has 2 unspecified atom stereocenters. The smallest absolute Gasteiger partial charge is 0.160 e. The summed E-state index contributed by atoms with van der Waals surface area (Å²) in [5.74, 6) is 1.35. The first-order valence-corrected chi connectivity index (χ1v) is 17.9. The van der Waals surface area contributed by atoms with E-state index in [-0.39, 0.29) is 5.41 Å². The molecule has 0 aliphatic heterocycles. The fourth-order valence-corrected chi connectivity index (χ4v) is 9.05. The Balaban J connectivity index is 1.16. The normalized spacial score (nSPS) is 19.9. The second-order valence-electron chi connectivity index (χ2n) is 14.3. The zero-order valence-corrected chi connectivity index (χ0v) is 27.8. The Hall–Kier alpha value is -5.79. The van der Waals surface area contributed by atoms with Crippen molar-refractivity contribution in [1.29, 1.82) is 5.26 Å². The van der Waals surface area contributed by atoms with Crippen LogP contribution in [0.4, 0.5) is 0 Å². The molecule has 1 fully saturated rings. The topological polar surface area (TPSA) is 62.7 Å². The molecule has 2 heterocycles. The van der Waals surface area contributed by atoms with Crippen LogP contribution in [0.15, 0.2) is 132 Å². The molecular formula is C46H35N3O. The molecular weight excluding hydrogens is 611 g/mol. The van der Waals surface area contributed by atoms with Gasteiger partial charge in [0, 0.05) is 44.7 Å². The van der Waals surface area contributed by atoms with Gasteiger partial charge in [-0.1, -0.05) is 117 Å². The van der Waals surface area contributed by atoms with Gasteiger partial charge in [0.15, 0.2) is 5.82 Å². The Kier molecular flexibility index (Phi) is 6.64. The second-order valence-corrected chi connectivity index (χ2v) is 14.3. The summed E-state index contributed by atoms with van der Waals surface area (Å²) >= 11 is 0. The van der Waals surface area contributed by atoms with Crippen molar-refractivity contribution in [2.75, 3.05) is 0 Å². The molecule has 4 aliphatic rings. The van der Waals surface area contributed by atoms with E-state index < -0.39 is 0 Å². The maximum atomic E-state index is 10.2. The van der Waals surface area contributed by atoms with Crippen LogP contribution in [0.3, 0.4) is 0 Å². The quantitative estimate of drug-likeness (QED) is 0.192. The van der Waals surface area contributed by atoms with Crippen LogP contribution in [0.2, 0.25) is 0 Å². The first-order valence-electron chi connectivity index (χ1n) is 17.9. The van der Waals surface area contributed by atoms with Gasteiger partial charge >= 0.3 is 0 Å². The zero-order chi connectivity index (χ0) is 33.2. The maximum absolute atomic E-state index is 10.2. The molecule has 2 aromatic heterocycles. The summed E-state index contributed by atoms with van der Waals surface area (Å²) in [5.41, 5.74) is 12.3. The van der Waals surface area contributed by atoms with Crippen molar-refractivity contribution in [2.24, 2.45) is 11.8 Å². The zero-order valence-electron chi connectivity index (χ0n) is 27.8. The fourth-order valence-electron chi connectivity index (χ4n) is 9.05. The standard InChI is InChI=1S/C46H35N3O/c47-28-34-12-9-14-38-44(34)37-21-18-32(25-39(37)46(38)22-7-1-2-8-23-46)41-27-40(31-17-16-29-10-3-4-11-30(29)24-31)48-45(49-41)33-19-20-36-35-13-5-6-15-42(35)50-43(36)26-33/h3-6,9-21,24-27,29-30H,1-2,7-8,22-23H2. The van der Waals surface area contributed by atoms with Gasteiger partial charge in [0.05, 0.1) is 23.0 Å². The highest BCUT2D eigenvalue weighted by molar-refractivity contribution is 6.05. The van der Waals surface area contributed by atoms with Crippen molar-refractivity contribution in [3.63, 3.8) is 0 Å². The first kappa shape index (κ1) is 29.2. The number of nitrogens with zero attached hydrogens (tertiary/aromatic N) is 3. The number of para-hydroxylation sites is 1. The highest BCUT2D eigenvalue weighted by Crippen LogP contribution is 2.56. The molecule has 0 bridgehead atoms. The Labute approximate surface area is 291 Å². The summed E-state index contributed by atoms with van der Waals surface area (Å²) in [6.45, 7) is 0. The fraction of sp³-hybridized carbons (Fsp3) is 0.196. The Morgan fingerprint density at radius 3 is 2.36 bits per heavy atom. The first-order chi connectivity index (χ1) is 24.7. The van der Waals surface area contributed by atoms with E-state index in [0.29, 0.717) is 17.7 Å². The van der Waals surface area contributed by atoms with Crippen LogP contribution in [-0.2, 0) is 5.41 Å². The molecule has 1 saturated carbocycles. The summed E-state index contributed by atoms with van der Waals surface area (Å²) in [5, 5.41) is 12.4. The molecule has 4 heteroatoms. The van der Waals surface area contributed by atoms with Crippen molar-refractivity contribution < 1.29 is 4.42 Å². The van der Waals surface area contributed by atoms with Crippen LogP contribution in [0.1, 0.15) is 60.9 Å². The van der Waals surface area contributed by atoms with Crippen LogP contribution in [0.25, 0.3) is 61.3 Å². The minimum absolute atomic E-state index is 0.0838. The molecule has 1 spiro atoms. The lowest BCUT2D eigenvalue weighted by molar-refractivity contribution is 0.456. The van der Waals surface area contributed by atoms with E-state index in [9.17, 15) is 5.26 Å². The third kappa shape index (κ3) is 4.50. The molecule has 2 atom stereocenters. The molecule has 4 aromatic carbocycles. The van der Waals surface area contributed by atoms with E-state index in [4.69, 9.17) is 14.4 Å². The molecule has 0 amide bonds. The van der Waals surface area contributed by atoms with Gasteiger partial charge < -0.3 is 4.42 Å². The number of allylic oxidation sites excluding steroid dienone is 8. The number of fused-ring (bicyclic) bond motifs is 9. The van der Waals surface area contributed by atoms with Crippen molar-refractivity contribution in [2.45, 2.75) is 43.9 Å². The second kappa shape index (κ2) is 11.4. The molecule has 0 radical (unpaired) electrons. The number of aromatic nitrogens is 2. The average Bonchev–Trinajstić information content (AvgIpc) is 3.55. The highest BCUT2D eigenvalue weighted by Gasteiger charge is 2.44. The minimum atomic E-state index is -0.0838. The molecule has 240 valence electrons. The Morgan fingerprint density at radius 2 is 1.48 bits per heavy atom. The van der Waals surface area contributed by atoms with E-state index in [1.165, 1.54) is 42.4 Å². The number of furan rings is 1. The SMILES string of the molecule is N#Cc1cccc2c1-c1ccc(-c3cc(C4=CC5C=CC=CC5C=C4)nc(-c4ccc5c(c4)oc4ccccc45)n3)cc1C21CCCCCC1. The number of benzene rings is 4. The van der Waals surface area contributed by atoms with Crippen LogP contribution in [-0.4, -0.2) is 9.97 Å². The van der Waals surface area contributed by atoms with E-state index >= 15 is 0 Å². The summed E-state index contributed by atoms with van der Waals surface area (Å²) in [4.78, 5) is 10.5. The van der Waals surface area contributed by atoms with E-state index in [0.717, 1.165) is 74.0 Å². The summed E-state index contributed by atoms with van der Waals surface area (Å²) in [6, 6.07) is 32.3. The van der Waals surface area contributed by atoms with Gasteiger partial charge in [-0.05, 0) is 71.5 Å². The molecule has 0 saturated heterocycles. The van der Waals surface area contributed by atoms with Crippen molar-refractivity contribution in [3.8, 4) is 39.8 Å². The lowest BCUT2D eigenvalue weighted by Crippen LogP contribution is -2.24. The number of rotatable bonds is 3. The van der Waals surface area contributed by atoms with Crippen molar-refractivity contribution in [3.05, 3.63) is 150 Å². The predicted octanol–water partition coefficient (Wildman–Crippen LogP) is 11.5. The lowest BCUT2D eigenvalue weighted by atomic mass is 9.72. The van der Waals surface area contributed by atoms with Crippen molar-refractivity contribution >= 4 is 27.5 Å². The monoisotopic (exact) mass is 645 g/mol. The van der Waals surface area contributed by atoms with Gasteiger partial charge in [0.1, 0.15) is 11.2 Å². The van der Waals surface area contributed by atoms with Crippen LogP contribution < -0.4 is 0 Å². The minimum Gasteiger partial charge on any atom is -0.456 e. The number of hydrogen-bond acceptors (Lipinski definition) is 4. The van der Waals surface area contributed by atoms with Crippen LogP contribution >= 0.6 is 0 Å². The van der Waals surface area contributed by atoms with Crippen LogP contribution in [0, 0.1) is 23.2 Å². The van der Waals surface area contributed by atoms with Crippen molar-refractivity contribution in [1.82, 2.24) is 9.97 Å². The summed E-state index contributed by atoms with van der Waals surface area (Å²) < 4.78 is 6.29. The maximum Gasteiger partial charge on any atom is 0.160 e. The largest absolute Gasteiger partial charge is 0.456 e. The van der Waals surface area contributed by atoms with Gasteiger partial charge in [0.2, 0.25) is 0 Å². The van der Waals surface area contributed by atoms with Gasteiger partial charge in [0.25, 0.3) is 0 Å². The Morgan fingerprint density at radius 1 is 0.680 bits per heavy atom. The molecule has 4 nitrogen and oxygen atoms in total. The third-order valence-corrected chi connectivity index (χ3v) is 11.5. The third-order valence-electron chi connectivity index (χ3n) is 11.5. The molecule has 50 heavy (non-hydrogen) atoms. The molecule has 6 aromatic rings. The summed E-state index contributed by atoms with van der Waals surface area (Å²) in [7, 11) is 0. The number of hydrogen-bond donors (Lipinski definition) is 0. The number of nitriles is 1. The average molecular weight is 646 g/mol. The van der Waals surface area contributed by atoms with Crippen LogP contribution in [0.5, 0.6) is 0 Å². The van der Waals surface area contributed by atoms with E-state index in [2.05, 4.69) is 109 Å². The molecule has 4 aliphatic carbocycles.